The van der Waals surface area contributed by atoms with Crippen LogP contribution in [-0.2, 0) is 0 Å². The van der Waals surface area contributed by atoms with Crippen LogP contribution in [0, 0.1) is 0 Å². The molecule has 0 saturated heterocycles. The Kier molecular flexibility index (Phi) is 4.80. The molecular formula is C11H12Br2O3. The summed E-state index contributed by atoms with van der Waals surface area (Å²) in [4.78, 5) is 11.6. The van der Waals surface area contributed by atoms with Crippen molar-refractivity contribution < 1.29 is 14.3 Å². The summed E-state index contributed by atoms with van der Waals surface area (Å²) in [7, 11) is 3.09. The van der Waals surface area contributed by atoms with Crippen LogP contribution < -0.4 is 9.47 Å². The molecule has 1 rings (SSSR count). The molecule has 0 aliphatic carbocycles. The lowest BCUT2D eigenvalue weighted by Gasteiger charge is -2.11. The van der Waals surface area contributed by atoms with Gasteiger partial charge < -0.3 is 9.47 Å². The first kappa shape index (κ1) is 13.5. The van der Waals surface area contributed by atoms with E-state index in [0.29, 0.717) is 21.5 Å². The number of hydrogen-bond donors (Lipinski definition) is 0. The van der Waals surface area contributed by atoms with Gasteiger partial charge >= 0.3 is 0 Å². The second-order valence-electron chi connectivity index (χ2n) is 3.18. The number of carbonyl (C=O) groups is 1. The van der Waals surface area contributed by atoms with Gasteiger partial charge in [0.25, 0.3) is 0 Å². The maximum absolute atomic E-state index is 11.8. The fourth-order valence-electron chi connectivity index (χ4n) is 1.24. The van der Waals surface area contributed by atoms with Crippen molar-refractivity contribution in [3.8, 4) is 11.5 Å². The van der Waals surface area contributed by atoms with Gasteiger partial charge in [-0.3, -0.25) is 4.79 Å². The zero-order valence-electron chi connectivity index (χ0n) is 9.21. The fraction of sp³-hybridized carbons (Fsp3) is 0.364. The summed E-state index contributed by atoms with van der Waals surface area (Å²) < 4.78 is 11.0. The molecule has 0 aliphatic heterocycles. The van der Waals surface area contributed by atoms with Crippen molar-refractivity contribution in [2.24, 2.45) is 0 Å². The van der Waals surface area contributed by atoms with E-state index in [1.165, 1.54) is 0 Å². The van der Waals surface area contributed by atoms with Gasteiger partial charge in [0.1, 0.15) is 16.0 Å². The van der Waals surface area contributed by atoms with Gasteiger partial charge in [-0.25, -0.2) is 0 Å². The van der Waals surface area contributed by atoms with Crippen molar-refractivity contribution >= 4 is 37.6 Å². The average molecular weight is 352 g/mol. The van der Waals surface area contributed by atoms with Crippen molar-refractivity contribution in [1.82, 2.24) is 0 Å². The Morgan fingerprint density at radius 3 is 2.00 bits per heavy atom. The number of benzene rings is 1. The SMILES string of the molecule is COc1cc(C(=O)C(C)Br)cc(OC)c1Br. The van der Waals surface area contributed by atoms with Gasteiger partial charge in [0, 0.05) is 5.56 Å². The van der Waals surface area contributed by atoms with Gasteiger partial charge in [0.2, 0.25) is 0 Å². The highest BCUT2D eigenvalue weighted by atomic mass is 79.9. The molecule has 0 radical (unpaired) electrons. The molecule has 1 aromatic rings. The van der Waals surface area contributed by atoms with Crippen molar-refractivity contribution in [1.29, 1.82) is 0 Å². The number of halogens is 2. The van der Waals surface area contributed by atoms with E-state index in [4.69, 9.17) is 9.47 Å². The predicted molar refractivity (Wildman–Crippen MR) is 70.0 cm³/mol. The predicted octanol–water partition coefficient (Wildman–Crippen LogP) is 3.43. The first-order valence-electron chi connectivity index (χ1n) is 4.61. The first-order valence-corrected chi connectivity index (χ1v) is 6.32. The lowest BCUT2D eigenvalue weighted by molar-refractivity contribution is 0.0995. The molecule has 0 N–H and O–H groups in total. The smallest absolute Gasteiger partial charge is 0.176 e. The third-order valence-corrected chi connectivity index (χ3v) is 3.29. The van der Waals surface area contributed by atoms with Gasteiger partial charge in [0.15, 0.2) is 5.78 Å². The Hall–Kier alpha value is -0.550. The van der Waals surface area contributed by atoms with E-state index in [1.54, 1.807) is 33.3 Å². The molecule has 0 heterocycles. The van der Waals surface area contributed by atoms with Crippen LogP contribution in [0.25, 0.3) is 0 Å². The minimum absolute atomic E-state index is 0.0101. The van der Waals surface area contributed by atoms with Gasteiger partial charge in [-0.15, -0.1) is 0 Å². The second-order valence-corrected chi connectivity index (χ2v) is 5.34. The van der Waals surface area contributed by atoms with E-state index >= 15 is 0 Å². The van der Waals surface area contributed by atoms with Crippen LogP contribution in [0.1, 0.15) is 17.3 Å². The minimum Gasteiger partial charge on any atom is -0.495 e. The zero-order valence-corrected chi connectivity index (χ0v) is 12.4. The van der Waals surface area contributed by atoms with Gasteiger partial charge in [0.05, 0.1) is 19.0 Å². The zero-order chi connectivity index (χ0) is 12.3. The molecular weight excluding hydrogens is 340 g/mol. The molecule has 0 saturated carbocycles. The van der Waals surface area contributed by atoms with Crippen LogP contribution in [0.3, 0.4) is 0 Å². The lowest BCUT2D eigenvalue weighted by atomic mass is 10.1. The van der Waals surface area contributed by atoms with Crippen LogP contribution in [0.5, 0.6) is 11.5 Å². The van der Waals surface area contributed by atoms with E-state index in [9.17, 15) is 4.79 Å². The van der Waals surface area contributed by atoms with Gasteiger partial charge in [-0.05, 0) is 35.0 Å². The molecule has 88 valence electrons. The number of ketones is 1. The highest BCUT2D eigenvalue weighted by molar-refractivity contribution is 9.10. The third-order valence-electron chi connectivity index (χ3n) is 2.09. The third kappa shape index (κ3) is 2.77. The summed E-state index contributed by atoms with van der Waals surface area (Å²) in [6.45, 7) is 1.78. The Labute approximate surface area is 111 Å². The minimum atomic E-state index is -0.233. The summed E-state index contributed by atoms with van der Waals surface area (Å²) in [5.74, 6) is 1.15. The lowest BCUT2D eigenvalue weighted by Crippen LogP contribution is -2.10. The number of ether oxygens (including phenoxy) is 2. The van der Waals surface area contributed by atoms with Gasteiger partial charge in [-0.2, -0.15) is 0 Å². The van der Waals surface area contributed by atoms with E-state index in [1.807, 2.05) is 0 Å². The molecule has 16 heavy (non-hydrogen) atoms. The van der Waals surface area contributed by atoms with E-state index in [0.717, 1.165) is 0 Å². The van der Waals surface area contributed by atoms with Crippen LogP contribution in [-0.4, -0.2) is 24.8 Å². The molecule has 5 heteroatoms. The van der Waals surface area contributed by atoms with Crippen LogP contribution in [0.4, 0.5) is 0 Å². The molecule has 1 atom stereocenters. The number of methoxy groups -OCH3 is 2. The average Bonchev–Trinajstić information content (AvgIpc) is 2.28. The Morgan fingerprint density at radius 2 is 1.69 bits per heavy atom. The number of rotatable bonds is 4. The quantitative estimate of drug-likeness (QED) is 0.615. The summed E-state index contributed by atoms with van der Waals surface area (Å²) in [6.07, 6.45) is 0. The molecule has 3 nitrogen and oxygen atoms in total. The van der Waals surface area contributed by atoms with Crippen LogP contribution >= 0.6 is 31.9 Å². The number of hydrogen-bond acceptors (Lipinski definition) is 3. The van der Waals surface area contributed by atoms with Crippen LogP contribution in [0.15, 0.2) is 16.6 Å². The monoisotopic (exact) mass is 350 g/mol. The topological polar surface area (TPSA) is 35.5 Å². The number of carbonyl (C=O) groups excluding carboxylic acids is 1. The van der Waals surface area contributed by atoms with E-state index in [2.05, 4.69) is 31.9 Å². The van der Waals surface area contributed by atoms with Gasteiger partial charge in [-0.1, -0.05) is 15.9 Å². The van der Waals surface area contributed by atoms with E-state index in [-0.39, 0.29) is 10.6 Å². The number of Topliss-reactive ketones (excluding diaryl/α,β-unsaturated/α-hetero) is 1. The molecule has 0 spiro atoms. The van der Waals surface area contributed by atoms with Crippen molar-refractivity contribution in [2.45, 2.75) is 11.8 Å². The summed E-state index contributed by atoms with van der Waals surface area (Å²) in [5, 5.41) is 0. The highest BCUT2D eigenvalue weighted by Crippen LogP contribution is 2.36. The molecule has 0 fully saturated rings. The van der Waals surface area contributed by atoms with E-state index < -0.39 is 0 Å². The normalized spacial score (nSPS) is 12.1. The maximum Gasteiger partial charge on any atom is 0.176 e. The molecule has 1 aromatic carbocycles. The van der Waals surface area contributed by atoms with Crippen molar-refractivity contribution in [3.63, 3.8) is 0 Å². The molecule has 0 aliphatic rings. The largest absolute Gasteiger partial charge is 0.495 e. The Bertz CT molecular complexity index is 377. The Balaban J connectivity index is 3.27. The first-order chi connectivity index (χ1) is 7.51. The maximum atomic E-state index is 11.8. The van der Waals surface area contributed by atoms with Crippen LogP contribution in [0.2, 0.25) is 0 Å². The standard InChI is InChI=1S/C11H12Br2O3/c1-6(12)11(14)7-4-8(15-2)10(13)9(5-7)16-3/h4-6H,1-3H3. The summed E-state index contributed by atoms with van der Waals surface area (Å²) in [6, 6.07) is 3.37. The van der Waals surface area contributed by atoms with Crippen molar-refractivity contribution in [3.05, 3.63) is 22.2 Å². The second kappa shape index (κ2) is 5.68. The summed E-state index contributed by atoms with van der Waals surface area (Å²) in [5.41, 5.74) is 0.557. The Morgan fingerprint density at radius 1 is 1.25 bits per heavy atom. The molecule has 0 bridgehead atoms. The molecule has 1 unspecified atom stereocenters. The molecule has 0 amide bonds. The fourth-order valence-corrected chi connectivity index (χ4v) is 2.06. The number of alkyl halides is 1. The highest BCUT2D eigenvalue weighted by Gasteiger charge is 2.17. The molecule has 0 aromatic heterocycles. The summed E-state index contributed by atoms with van der Waals surface area (Å²) >= 11 is 6.59. The van der Waals surface area contributed by atoms with Crippen molar-refractivity contribution in [2.75, 3.05) is 14.2 Å².